The number of rotatable bonds is 2. The summed E-state index contributed by atoms with van der Waals surface area (Å²) in [5, 5.41) is 4.57. The summed E-state index contributed by atoms with van der Waals surface area (Å²) in [7, 11) is 0. The zero-order valence-electron chi connectivity index (χ0n) is 12.5. The summed E-state index contributed by atoms with van der Waals surface area (Å²) < 4.78 is 0. The Balaban J connectivity index is 1.64. The van der Waals surface area contributed by atoms with Gasteiger partial charge in [0, 0.05) is 17.1 Å². The molecular formula is C16H24N4. The van der Waals surface area contributed by atoms with Crippen LogP contribution in [0.3, 0.4) is 0 Å². The second-order valence-electron chi connectivity index (χ2n) is 6.31. The van der Waals surface area contributed by atoms with Crippen molar-refractivity contribution in [2.75, 3.05) is 5.43 Å². The van der Waals surface area contributed by atoms with Crippen LogP contribution in [0, 0.1) is 25.7 Å². The lowest BCUT2D eigenvalue weighted by molar-refractivity contribution is 0.218. The lowest BCUT2D eigenvalue weighted by atomic mass is 9.70. The van der Waals surface area contributed by atoms with Gasteiger partial charge in [0.25, 0.3) is 0 Å². The molecule has 0 radical (unpaired) electrons. The van der Waals surface area contributed by atoms with E-state index in [2.05, 4.69) is 20.5 Å². The molecule has 0 spiro atoms. The Morgan fingerprint density at radius 3 is 2.50 bits per heavy atom. The quantitative estimate of drug-likeness (QED) is 0.832. The molecule has 1 heterocycles. The second kappa shape index (κ2) is 5.90. The third-order valence-electron chi connectivity index (χ3n) is 4.66. The lowest BCUT2D eigenvalue weighted by Gasteiger charge is -2.35. The van der Waals surface area contributed by atoms with Gasteiger partial charge in [-0.05, 0) is 57.4 Å². The Kier molecular flexibility index (Phi) is 3.99. The number of hydrogen-bond donors (Lipinski definition) is 1. The number of hydrogen-bond acceptors (Lipinski definition) is 4. The Hall–Kier alpha value is -1.45. The van der Waals surface area contributed by atoms with Crippen molar-refractivity contribution in [3.63, 3.8) is 0 Å². The summed E-state index contributed by atoms with van der Waals surface area (Å²) in [5.41, 5.74) is 6.32. The van der Waals surface area contributed by atoms with Gasteiger partial charge >= 0.3 is 0 Å². The highest BCUT2D eigenvalue weighted by Crippen LogP contribution is 2.39. The summed E-state index contributed by atoms with van der Waals surface area (Å²) in [6, 6.07) is 1.98. The number of aryl methyl sites for hydroxylation is 2. The topological polar surface area (TPSA) is 50.2 Å². The normalized spacial score (nSPS) is 28.2. The van der Waals surface area contributed by atoms with Crippen LogP contribution in [0.4, 0.5) is 5.95 Å². The van der Waals surface area contributed by atoms with Gasteiger partial charge in [0.15, 0.2) is 0 Å². The third-order valence-corrected chi connectivity index (χ3v) is 4.66. The molecular weight excluding hydrogens is 248 g/mol. The maximum atomic E-state index is 4.57. The highest BCUT2D eigenvalue weighted by molar-refractivity contribution is 5.86. The lowest BCUT2D eigenvalue weighted by Crippen LogP contribution is -2.28. The first kappa shape index (κ1) is 13.5. The molecule has 4 heteroatoms. The number of aromatic nitrogens is 2. The van der Waals surface area contributed by atoms with E-state index in [0.717, 1.165) is 29.6 Å². The second-order valence-corrected chi connectivity index (χ2v) is 6.31. The molecule has 0 saturated heterocycles. The number of nitrogens with one attached hydrogen (secondary N) is 1. The molecule has 2 aliphatic rings. The van der Waals surface area contributed by atoms with Gasteiger partial charge in [-0.15, -0.1) is 0 Å². The first-order valence-electron chi connectivity index (χ1n) is 7.84. The smallest absolute Gasteiger partial charge is 0.243 e. The summed E-state index contributed by atoms with van der Waals surface area (Å²) in [6.07, 6.45) is 9.29. The molecule has 4 nitrogen and oxygen atoms in total. The Morgan fingerprint density at radius 2 is 1.75 bits per heavy atom. The van der Waals surface area contributed by atoms with Crippen LogP contribution in [-0.4, -0.2) is 15.7 Å². The predicted molar refractivity (Wildman–Crippen MR) is 81.9 cm³/mol. The fourth-order valence-electron chi connectivity index (χ4n) is 3.70. The fraction of sp³-hybridized carbons (Fsp3) is 0.688. The molecule has 108 valence electrons. The standard InChI is InChI=1S/C16H24N4/c1-11-9-12(2)18-16(17-11)20-19-15-8-7-13-5-3-4-6-14(13)10-15/h9,13-14H,3-8,10H2,1-2H3,(H,17,18,20)/b19-15+/t13-,14+/m0/s1. The van der Waals surface area contributed by atoms with Crippen molar-refractivity contribution in [1.29, 1.82) is 0 Å². The molecule has 3 rings (SSSR count). The zero-order valence-corrected chi connectivity index (χ0v) is 12.5. The first-order valence-corrected chi connectivity index (χ1v) is 7.84. The van der Waals surface area contributed by atoms with Crippen LogP contribution < -0.4 is 5.43 Å². The van der Waals surface area contributed by atoms with Gasteiger partial charge in [-0.3, -0.25) is 0 Å². The minimum absolute atomic E-state index is 0.626. The molecule has 2 atom stereocenters. The SMILES string of the molecule is Cc1cc(C)nc(N/N=C2\CC[C@@H]3CCCC[C@@H]3C2)n1. The summed E-state index contributed by atoms with van der Waals surface area (Å²) in [4.78, 5) is 8.74. The molecule has 0 aliphatic heterocycles. The van der Waals surface area contributed by atoms with Crippen LogP contribution in [0.25, 0.3) is 0 Å². The molecule has 0 bridgehead atoms. The van der Waals surface area contributed by atoms with Crippen molar-refractivity contribution in [1.82, 2.24) is 9.97 Å². The van der Waals surface area contributed by atoms with E-state index in [9.17, 15) is 0 Å². The van der Waals surface area contributed by atoms with Crippen molar-refractivity contribution < 1.29 is 0 Å². The number of anilines is 1. The zero-order chi connectivity index (χ0) is 13.9. The summed E-state index contributed by atoms with van der Waals surface area (Å²) >= 11 is 0. The average Bonchev–Trinajstić information content (AvgIpc) is 2.44. The highest BCUT2D eigenvalue weighted by Gasteiger charge is 2.30. The molecule has 0 aromatic carbocycles. The van der Waals surface area contributed by atoms with E-state index < -0.39 is 0 Å². The first-order chi connectivity index (χ1) is 9.70. The van der Waals surface area contributed by atoms with Crippen LogP contribution >= 0.6 is 0 Å². The maximum Gasteiger partial charge on any atom is 0.243 e. The monoisotopic (exact) mass is 272 g/mol. The van der Waals surface area contributed by atoms with E-state index in [1.807, 2.05) is 19.9 Å². The van der Waals surface area contributed by atoms with E-state index in [-0.39, 0.29) is 0 Å². The van der Waals surface area contributed by atoms with Gasteiger partial charge in [0.05, 0.1) is 0 Å². The van der Waals surface area contributed by atoms with E-state index in [1.54, 1.807) is 0 Å². The fourth-order valence-corrected chi connectivity index (χ4v) is 3.70. The van der Waals surface area contributed by atoms with Gasteiger partial charge < -0.3 is 0 Å². The van der Waals surface area contributed by atoms with E-state index in [0.29, 0.717) is 5.95 Å². The van der Waals surface area contributed by atoms with Crippen molar-refractivity contribution in [2.24, 2.45) is 16.9 Å². The minimum Gasteiger partial charge on any atom is -0.245 e. The number of fused-ring (bicyclic) bond motifs is 1. The van der Waals surface area contributed by atoms with E-state index >= 15 is 0 Å². The predicted octanol–water partition coefficient (Wildman–Crippen LogP) is 3.85. The number of nitrogens with zero attached hydrogens (tertiary/aromatic N) is 3. The Morgan fingerprint density at radius 1 is 1.05 bits per heavy atom. The molecule has 2 saturated carbocycles. The van der Waals surface area contributed by atoms with Gasteiger partial charge in [-0.2, -0.15) is 5.10 Å². The van der Waals surface area contributed by atoms with Crippen LogP contribution in [0.2, 0.25) is 0 Å². The Bertz CT molecular complexity index is 489. The molecule has 2 aliphatic carbocycles. The largest absolute Gasteiger partial charge is 0.245 e. The molecule has 1 N–H and O–H groups in total. The molecule has 0 unspecified atom stereocenters. The van der Waals surface area contributed by atoms with E-state index in [1.165, 1.54) is 44.2 Å². The molecule has 2 fully saturated rings. The van der Waals surface area contributed by atoms with Crippen molar-refractivity contribution in [2.45, 2.75) is 58.8 Å². The van der Waals surface area contributed by atoms with Gasteiger partial charge in [0.1, 0.15) is 0 Å². The number of hydrazone groups is 1. The van der Waals surface area contributed by atoms with Crippen LogP contribution in [0.1, 0.15) is 56.3 Å². The highest BCUT2D eigenvalue weighted by atomic mass is 15.4. The van der Waals surface area contributed by atoms with Crippen LogP contribution in [0.15, 0.2) is 11.2 Å². The molecule has 1 aromatic heterocycles. The minimum atomic E-state index is 0.626. The Labute approximate surface area is 121 Å². The van der Waals surface area contributed by atoms with Crippen LogP contribution in [0.5, 0.6) is 0 Å². The average molecular weight is 272 g/mol. The third kappa shape index (κ3) is 3.17. The molecule has 1 aromatic rings. The van der Waals surface area contributed by atoms with Crippen molar-refractivity contribution in [3.05, 3.63) is 17.5 Å². The van der Waals surface area contributed by atoms with Crippen molar-refractivity contribution in [3.8, 4) is 0 Å². The molecule has 20 heavy (non-hydrogen) atoms. The maximum absolute atomic E-state index is 4.57. The summed E-state index contributed by atoms with van der Waals surface area (Å²) in [5.74, 6) is 2.46. The molecule has 0 amide bonds. The van der Waals surface area contributed by atoms with Crippen LogP contribution in [-0.2, 0) is 0 Å². The van der Waals surface area contributed by atoms with Gasteiger partial charge in [0.2, 0.25) is 5.95 Å². The van der Waals surface area contributed by atoms with Gasteiger partial charge in [-0.1, -0.05) is 19.3 Å². The van der Waals surface area contributed by atoms with Crippen molar-refractivity contribution >= 4 is 11.7 Å². The van der Waals surface area contributed by atoms with E-state index in [4.69, 9.17) is 0 Å². The van der Waals surface area contributed by atoms with Gasteiger partial charge in [-0.25, -0.2) is 15.4 Å². The summed E-state index contributed by atoms with van der Waals surface area (Å²) in [6.45, 7) is 3.97.